The summed E-state index contributed by atoms with van der Waals surface area (Å²) in [6.45, 7) is 5.75. The number of nitrogens with zero attached hydrogens (tertiary/aromatic N) is 3. The van der Waals surface area contributed by atoms with Crippen molar-refractivity contribution in [2.75, 3.05) is 0 Å². The average Bonchev–Trinajstić information content (AvgIpc) is 2.94. The first-order chi connectivity index (χ1) is 9.24. The van der Waals surface area contributed by atoms with Crippen LogP contribution in [0.2, 0.25) is 0 Å². The van der Waals surface area contributed by atoms with Gasteiger partial charge in [0.05, 0.1) is 16.4 Å². The van der Waals surface area contributed by atoms with E-state index in [1.165, 1.54) is 10.6 Å². The highest BCUT2D eigenvalue weighted by Gasteiger charge is 2.07. The molecule has 0 saturated carbocycles. The van der Waals surface area contributed by atoms with E-state index < -0.39 is 0 Å². The zero-order chi connectivity index (χ0) is 13.2. The Hall–Kier alpha value is -1.72. The summed E-state index contributed by atoms with van der Waals surface area (Å²) in [4.78, 5) is 10.1. The van der Waals surface area contributed by atoms with Crippen LogP contribution >= 0.6 is 11.3 Å². The summed E-state index contributed by atoms with van der Waals surface area (Å²) in [5, 5.41) is 4.57. The lowest BCUT2D eigenvalue weighted by molar-refractivity contribution is 0.678. The van der Waals surface area contributed by atoms with Gasteiger partial charge >= 0.3 is 0 Å². The minimum Gasteiger partial charge on any atom is -0.306 e. The van der Waals surface area contributed by atoms with E-state index in [2.05, 4.69) is 32.8 Å². The highest BCUT2D eigenvalue weighted by atomic mass is 32.1. The van der Waals surface area contributed by atoms with Crippen molar-refractivity contribution in [3.8, 4) is 0 Å². The van der Waals surface area contributed by atoms with Crippen molar-refractivity contribution in [3.63, 3.8) is 0 Å². The molecule has 1 N–H and O–H groups in total. The Morgan fingerprint density at radius 2 is 2.16 bits per heavy atom. The summed E-state index contributed by atoms with van der Waals surface area (Å²) in [5.41, 5.74) is 3.31. The number of pyridine rings is 1. The van der Waals surface area contributed by atoms with Crippen LogP contribution in [-0.2, 0) is 13.1 Å². The van der Waals surface area contributed by atoms with E-state index in [0.29, 0.717) is 0 Å². The SMILES string of the molecule is Cc1ncc(CNCc2c(C)nc3ccccn23)s1. The maximum absolute atomic E-state index is 4.56. The molecule has 5 heteroatoms. The van der Waals surface area contributed by atoms with E-state index in [9.17, 15) is 0 Å². The summed E-state index contributed by atoms with van der Waals surface area (Å²) in [6.07, 6.45) is 4.00. The van der Waals surface area contributed by atoms with Crippen LogP contribution in [0.1, 0.15) is 21.3 Å². The number of hydrogen-bond acceptors (Lipinski definition) is 4. The first-order valence-corrected chi connectivity index (χ1v) is 7.10. The number of thiazole rings is 1. The molecule has 0 aromatic carbocycles. The first kappa shape index (κ1) is 12.3. The quantitative estimate of drug-likeness (QED) is 0.794. The average molecular weight is 272 g/mol. The van der Waals surface area contributed by atoms with Crippen LogP contribution in [0.4, 0.5) is 0 Å². The van der Waals surface area contributed by atoms with E-state index >= 15 is 0 Å². The van der Waals surface area contributed by atoms with Crippen LogP contribution in [0.5, 0.6) is 0 Å². The zero-order valence-corrected chi connectivity index (χ0v) is 11.9. The van der Waals surface area contributed by atoms with E-state index in [4.69, 9.17) is 0 Å². The van der Waals surface area contributed by atoms with Gasteiger partial charge in [-0.1, -0.05) is 6.07 Å². The number of fused-ring (bicyclic) bond motifs is 1. The van der Waals surface area contributed by atoms with Gasteiger partial charge in [0.1, 0.15) is 5.65 Å². The molecule has 0 aliphatic carbocycles. The Labute approximate surface area is 116 Å². The van der Waals surface area contributed by atoms with Crippen molar-refractivity contribution in [1.29, 1.82) is 0 Å². The Morgan fingerprint density at radius 3 is 2.95 bits per heavy atom. The molecule has 3 heterocycles. The van der Waals surface area contributed by atoms with Crippen LogP contribution in [0, 0.1) is 13.8 Å². The van der Waals surface area contributed by atoms with Gasteiger partial charge in [0.15, 0.2) is 0 Å². The number of rotatable bonds is 4. The molecule has 3 rings (SSSR count). The molecule has 0 aliphatic rings. The molecular weight excluding hydrogens is 256 g/mol. The molecule has 0 atom stereocenters. The smallest absolute Gasteiger partial charge is 0.137 e. The highest BCUT2D eigenvalue weighted by molar-refractivity contribution is 7.11. The van der Waals surface area contributed by atoms with Crippen LogP contribution < -0.4 is 5.32 Å². The maximum atomic E-state index is 4.56. The lowest BCUT2D eigenvalue weighted by Crippen LogP contribution is -2.14. The number of nitrogens with one attached hydrogen (secondary N) is 1. The second-order valence-electron chi connectivity index (χ2n) is 4.52. The fourth-order valence-corrected chi connectivity index (χ4v) is 2.93. The molecule has 3 aromatic heterocycles. The van der Waals surface area contributed by atoms with Crippen molar-refractivity contribution in [2.45, 2.75) is 26.9 Å². The lowest BCUT2D eigenvalue weighted by Gasteiger charge is -2.04. The molecule has 0 unspecified atom stereocenters. The molecule has 0 spiro atoms. The summed E-state index contributed by atoms with van der Waals surface area (Å²) < 4.78 is 2.14. The van der Waals surface area contributed by atoms with E-state index in [1.807, 2.05) is 31.3 Å². The minimum atomic E-state index is 0.813. The normalized spacial score (nSPS) is 11.3. The highest BCUT2D eigenvalue weighted by Crippen LogP contribution is 2.13. The first-order valence-electron chi connectivity index (χ1n) is 6.28. The van der Waals surface area contributed by atoms with Gasteiger partial charge < -0.3 is 9.72 Å². The van der Waals surface area contributed by atoms with Gasteiger partial charge in [-0.25, -0.2) is 9.97 Å². The summed E-state index contributed by atoms with van der Waals surface area (Å²) in [5.74, 6) is 0. The third-order valence-electron chi connectivity index (χ3n) is 3.09. The van der Waals surface area contributed by atoms with E-state index in [0.717, 1.165) is 29.4 Å². The second-order valence-corrected chi connectivity index (χ2v) is 5.84. The third kappa shape index (κ3) is 2.52. The molecule has 0 aliphatic heterocycles. The molecule has 0 amide bonds. The predicted octanol–water partition coefficient (Wildman–Crippen LogP) is 2.70. The van der Waals surface area contributed by atoms with Crippen molar-refractivity contribution < 1.29 is 0 Å². The number of aromatic nitrogens is 3. The summed E-state index contributed by atoms with van der Waals surface area (Å²) in [7, 11) is 0. The standard InChI is InChI=1S/C14H16N4S/c1-10-13(18-6-4-3-5-14(18)17-10)9-15-7-12-8-16-11(2)19-12/h3-6,8,15H,7,9H2,1-2H3. The van der Waals surface area contributed by atoms with Crippen molar-refractivity contribution in [2.24, 2.45) is 0 Å². The molecule has 98 valence electrons. The molecule has 0 radical (unpaired) electrons. The number of hydrogen-bond donors (Lipinski definition) is 1. The molecule has 3 aromatic rings. The van der Waals surface area contributed by atoms with E-state index in [1.54, 1.807) is 11.3 Å². The summed E-state index contributed by atoms with van der Waals surface area (Å²) >= 11 is 1.74. The zero-order valence-electron chi connectivity index (χ0n) is 11.1. The van der Waals surface area contributed by atoms with Gasteiger partial charge in [0, 0.05) is 30.4 Å². The molecule has 0 fully saturated rings. The predicted molar refractivity (Wildman–Crippen MR) is 77.3 cm³/mol. The Bertz CT molecular complexity index is 698. The van der Waals surface area contributed by atoms with Gasteiger partial charge in [-0.3, -0.25) is 0 Å². The fourth-order valence-electron chi connectivity index (χ4n) is 2.17. The van der Waals surface area contributed by atoms with Crippen LogP contribution in [0.25, 0.3) is 5.65 Å². The molecular formula is C14H16N4S. The number of aryl methyl sites for hydroxylation is 2. The Morgan fingerprint density at radius 1 is 1.26 bits per heavy atom. The van der Waals surface area contributed by atoms with Crippen LogP contribution in [0.15, 0.2) is 30.6 Å². The van der Waals surface area contributed by atoms with Gasteiger partial charge in [-0.05, 0) is 26.0 Å². The topological polar surface area (TPSA) is 42.2 Å². The second kappa shape index (κ2) is 5.11. The van der Waals surface area contributed by atoms with Crippen LogP contribution in [-0.4, -0.2) is 14.4 Å². The van der Waals surface area contributed by atoms with E-state index in [-0.39, 0.29) is 0 Å². The Balaban J connectivity index is 1.73. The van der Waals surface area contributed by atoms with Crippen LogP contribution in [0.3, 0.4) is 0 Å². The molecule has 19 heavy (non-hydrogen) atoms. The molecule has 0 bridgehead atoms. The van der Waals surface area contributed by atoms with Gasteiger partial charge in [0.25, 0.3) is 0 Å². The Kier molecular flexibility index (Phi) is 3.31. The fraction of sp³-hybridized carbons (Fsp3) is 0.286. The van der Waals surface area contributed by atoms with Gasteiger partial charge in [0.2, 0.25) is 0 Å². The largest absolute Gasteiger partial charge is 0.306 e. The lowest BCUT2D eigenvalue weighted by atomic mass is 10.3. The van der Waals surface area contributed by atoms with Gasteiger partial charge in [-0.2, -0.15) is 0 Å². The molecule has 0 saturated heterocycles. The van der Waals surface area contributed by atoms with Crippen molar-refractivity contribution >= 4 is 17.0 Å². The number of imidazole rings is 1. The summed E-state index contributed by atoms with van der Waals surface area (Å²) in [6, 6.07) is 6.08. The monoisotopic (exact) mass is 272 g/mol. The van der Waals surface area contributed by atoms with Crippen molar-refractivity contribution in [3.05, 3.63) is 51.9 Å². The van der Waals surface area contributed by atoms with Crippen molar-refractivity contribution in [1.82, 2.24) is 19.7 Å². The molecule has 4 nitrogen and oxygen atoms in total. The third-order valence-corrected chi connectivity index (χ3v) is 4.00. The minimum absolute atomic E-state index is 0.813. The maximum Gasteiger partial charge on any atom is 0.137 e. The van der Waals surface area contributed by atoms with Gasteiger partial charge in [-0.15, -0.1) is 11.3 Å².